The monoisotopic (exact) mass is 530 g/mol. The number of aryl methyl sites for hydroxylation is 1. The maximum absolute atomic E-state index is 10.6. The number of likely N-dealkylation sites (tertiary alicyclic amines) is 1. The van der Waals surface area contributed by atoms with E-state index in [1.54, 1.807) is 0 Å². The molecule has 0 radical (unpaired) electrons. The number of rotatable bonds is 5. The molecular weight excluding hydrogens is 506 g/mol. The van der Waals surface area contributed by atoms with Crippen molar-refractivity contribution >= 4 is 22.2 Å². The van der Waals surface area contributed by atoms with Crippen molar-refractivity contribution in [1.82, 2.24) is 14.9 Å². The Balaban J connectivity index is 0. The first-order valence-corrected chi connectivity index (χ1v) is 10.8. The van der Waals surface area contributed by atoms with Gasteiger partial charge >= 0.3 is 11.5 Å². The molecule has 1 aromatic heterocycles. The van der Waals surface area contributed by atoms with Gasteiger partial charge in [-0.2, -0.15) is 17.6 Å². The van der Waals surface area contributed by atoms with Gasteiger partial charge in [-0.3, -0.25) is 4.90 Å². The average Bonchev–Trinajstić information content (AvgIpc) is 2.65. The van der Waals surface area contributed by atoms with E-state index in [1.165, 1.54) is 12.8 Å². The van der Waals surface area contributed by atoms with Crippen LogP contribution in [0.3, 0.4) is 0 Å². The van der Waals surface area contributed by atoms with Crippen LogP contribution in [0.4, 0.5) is 17.6 Å². The van der Waals surface area contributed by atoms with Gasteiger partial charge in [-0.15, -0.1) is 0 Å². The van der Waals surface area contributed by atoms with Gasteiger partial charge in [0.05, 0.1) is 6.04 Å². The Bertz CT molecular complexity index is 617. The number of nitrogens with two attached hydrogens (primary N) is 1. The smallest absolute Gasteiger partial charge is 0.329 e. The minimum absolute atomic E-state index is 0. The zero-order chi connectivity index (χ0) is 22.6. The number of piperidine rings is 1. The molecule has 8 nitrogen and oxygen atoms in total. The van der Waals surface area contributed by atoms with Gasteiger partial charge in [0.25, 0.3) is 0 Å². The van der Waals surface area contributed by atoms with Crippen molar-refractivity contribution in [1.29, 1.82) is 0 Å². The molecule has 0 saturated carbocycles. The van der Waals surface area contributed by atoms with Gasteiger partial charge in [0, 0.05) is 50.5 Å². The largest absolute Gasteiger partial charge is 0.336 e. The summed E-state index contributed by atoms with van der Waals surface area (Å²) in [6.45, 7) is 7.13. The third-order valence-corrected chi connectivity index (χ3v) is 4.45. The van der Waals surface area contributed by atoms with E-state index < -0.39 is 33.7 Å². The SMILES string of the molecule is Cc1ncc(C(CN)N2CCCC(C)C2)cn1.O=S(O)C(F)F.O=S(O)C(F)F.[Zn]. The van der Waals surface area contributed by atoms with Gasteiger partial charge in [-0.05, 0) is 32.2 Å². The molecule has 1 aliphatic rings. The minimum atomic E-state index is -3.12. The summed E-state index contributed by atoms with van der Waals surface area (Å²) in [7, 11) is 0. The second-order valence-electron chi connectivity index (χ2n) is 6.13. The molecule has 2 rings (SSSR count). The second kappa shape index (κ2) is 17.2. The van der Waals surface area contributed by atoms with Gasteiger partial charge in [-0.25, -0.2) is 18.4 Å². The molecule has 4 N–H and O–H groups in total. The van der Waals surface area contributed by atoms with Crippen molar-refractivity contribution in [2.75, 3.05) is 19.6 Å². The third kappa shape index (κ3) is 13.8. The molecule has 0 amide bonds. The van der Waals surface area contributed by atoms with Crippen LogP contribution >= 0.6 is 0 Å². The zero-order valence-corrected chi connectivity index (χ0v) is 21.3. The van der Waals surface area contributed by atoms with Crippen LogP contribution in [0.1, 0.15) is 37.2 Å². The Morgan fingerprint density at radius 3 is 1.93 bits per heavy atom. The van der Waals surface area contributed by atoms with Crippen molar-refractivity contribution in [2.45, 2.75) is 44.2 Å². The number of hydrogen-bond acceptors (Lipinski definition) is 6. The number of aromatic nitrogens is 2. The van der Waals surface area contributed by atoms with Crippen LogP contribution in [0.2, 0.25) is 0 Å². The molecule has 1 fully saturated rings. The van der Waals surface area contributed by atoms with E-state index in [-0.39, 0.29) is 25.5 Å². The maximum Gasteiger partial charge on any atom is 0.336 e. The van der Waals surface area contributed by atoms with Gasteiger partial charge in [0.1, 0.15) is 5.82 Å². The van der Waals surface area contributed by atoms with E-state index >= 15 is 0 Å². The van der Waals surface area contributed by atoms with Crippen LogP contribution in [0.25, 0.3) is 0 Å². The van der Waals surface area contributed by atoms with Crippen molar-refractivity contribution < 1.29 is 54.6 Å². The maximum atomic E-state index is 10.6. The van der Waals surface area contributed by atoms with E-state index in [9.17, 15) is 17.6 Å². The topological polar surface area (TPSA) is 130 Å². The fourth-order valence-corrected chi connectivity index (χ4v) is 2.58. The van der Waals surface area contributed by atoms with E-state index in [2.05, 4.69) is 21.8 Å². The standard InChI is InChI=1S/C13H22N4.2CH2F2O2S.Zn/c1-10-4-3-5-17(9-10)13(6-14)12-7-15-11(2)16-8-12;2*2-1(3)6(4)5;/h7-8,10,13H,3-6,9,14H2,1-2H3;2*1H,(H,4,5);. The predicted octanol–water partition coefficient (Wildman–Crippen LogP) is 2.38. The zero-order valence-electron chi connectivity index (χ0n) is 16.7. The number of halogens is 4. The number of hydrogen-bond donors (Lipinski definition) is 3. The van der Waals surface area contributed by atoms with Crippen LogP contribution in [0.15, 0.2) is 12.4 Å². The molecule has 0 aromatic carbocycles. The van der Waals surface area contributed by atoms with Crippen LogP contribution in [0.5, 0.6) is 0 Å². The summed E-state index contributed by atoms with van der Waals surface area (Å²) < 4.78 is 75.3. The molecule has 2 heterocycles. The fourth-order valence-electron chi connectivity index (χ4n) is 2.58. The van der Waals surface area contributed by atoms with Gasteiger partial charge in [0.2, 0.25) is 22.2 Å². The summed E-state index contributed by atoms with van der Waals surface area (Å²) in [5.41, 5.74) is 7.07. The Hall–Kier alpha value is -0.437. The van der Waals surface area contributed by atoms with Crippen molar-refractivity contribution in [2.24, 2.45) is 11.7 Å². The summed E-state index contributed by atoms with van der Waals surface area (Å²) >= 11 is -5.90. The Morgan fingerprint density at radius 1 is 1.17 bits per heavy atom. The first-order valence-electron chi connectivity index (χ1n) is 8.47. The molecule has 15 heteroatoms. The van der Waals surface area contributed by atoms with Crippen LogP contribution in [-0.4, -0.2) is 63.5 Å². The van der Waals surface area contributed by atoms with Gasteiger partial charge < -0.3 is 14.8 Å². The Kier molecular flexibility index (Phi) is 18.2. The van der Waals surface area contributed by atoms with Crippen LogP contribution in [-0.2, 0) is 41.6 Å². The average molecular weight is 532 g/mol. The predicted molar refractivity (Wildman–Crippen MR) is 102 cm³/mol. The molecule has 0 aliphatic carbocycles. The molecule has 4 unspecified atom stereocenters. The summed E-state index contributed by atoms with van der Waals surface area (Å²) in [6.07, 6.45) is 6.43. The molecule has 0 bridgehead atoms. The number of nitrogens with zero attached hydrogens (tertiary/aromatic N) is 3. The van der Waals surface area contributed by atoms with Gasteiger partial charge in [0.15, 0.2) is 0 Å². The van der Waals surface area contributed by atoms with Gasteiger partial charge in [-0.1, -0.05) is 6.92 Å². The van der Waals surface area contributed by atoms with Crippen molar-refractivity contribution in [3.05, 3.63) is 23.8 Å². The van der Waals surface area contributed by atoms with E-state index in [0.29, 0.717) is 6.54 Å². The molecular formula is C15H26F4N4O4S2Zn. The second-order valence-corrected chi connectivity index (χ2v) is 7.95. The summed E-state index contributed by atoms with van der Waals surface area (Å²) in [4.78, 5) is 11.0. The van der Waals surface area contributed by atoms with Crippen LogP contribution in [0, 0.1) is 12.8 Å². The molecule has 30 heavy (non-hydrogen) atoms. The van der Waals surface area contributed by atoms with Crippen LogP contribution < -0.4 is 5.73 Å². The normalized spacial score (nSPS) is 19.5. The first-order chi connectivity index (χ1) is 13.5. The molecule has 1 saturated heterocycles. The van der Waals surface area contributed by atoms with Crippen molar-refractivity contribution in [3.8, 4) is 0 Å². The van der Waals surface area contributed by atoms with E-state index in [0.717, 1.165) is 30.4 Å². The first kappa shape index (κ1) is 31.7. The minimum Gasteiger partial charge on any atom is -0.329 e. The van der Waals surface area contributed by atoms with E-state index in [4.69, 9.17) is 23.3 Å². The summed E-state index contributed by atoms with van der Waals surface area (Å²) in [5, 5.41) is 0. The fraction of sp³-hybridized carbons (Fsp3) is 0.733. The quantitative estimate of drug-likeness (QED) is 0.300. The molecule has 172 valence electrons. The Morgan fingerprint density at radius 2 is 1.60 bits per heavy atom. The summed E-state index contributed by atoms with van der Waals surface area (Å²) in [6, 6.07) is 0.276. The van der Waals surface area contributed by atoms with Crippen molar-refractivity contribution in [3.63, 3.8) is 0 Å². The number of alkyl halides is 4. The molecule has 1 aromatic rings. The molecule has 1 aliphatic heterocycles. The third-order valence-electron chi connectivity index (χ3n) is 3.84. The molecule has 0 spiro atoms. The van der Waals surface area contributed by atoms with E-state index in [1.807, 2.05) is 19.3 Å². The Labute approximate surface area is 190 Å². The molecule has 4 atom stereocenters. The summed E-state index contributed by atoms with van der Waals surface area (Å²) in [5.74, 6) is -4.66.